The summed E-state index contributed by atoms with van der Waals surface area (Å²) < 4.78 is 44.4. The Kier molecular flexibility index (Phi) is 5.70. The van der Waals surface area contributed by atoms with E-state index in [0.29, 0.717) is 0 Å². The van der Waals surface area contributed by atoms with Crippen LogP contribution in [0.2, 0.25) is 10.2 Å². The van der Waals surface area contributed by atoms with Gasteiger partial charge in [-0.1, -0.05) is 23.2 Å². The number of nitrogens with zero attached hydrogens (tertiary/aromatic N) is 2. The van der Waals surface area contributed by atoms with Gasteiger partial charge in [0.25, 0.3) is 5.91 Å². The molecule has 1 aliphatic rings. The van der Waals surface area contributed by atoms with Crippen molar-refractivity contribution < 1.29 is 27.5 Å². The molecule has 1 amide bonds. The van der Waals surface area contributed by atoms with Crippen LogP contribution in [0.25, 0.3) is 0 Å². The molecular formula is C14H15Cl2F3N2O3. The number of halogens is 5. The van der Waals surface area contributed by atoms with Gasteiger partial charge in [0.1, 0.15) is 10.8 Å². The first-order valence-electron chi connectivity index (χ1n) is 7.13. The zero-order chi connectivity index (χ0) is 18.1. The zero-order valence-electron chi connectivity index (χ0n) is 12.7. The van der Waals surface area contributed by atoms with Crippen LogP contribution in [0.3, 0.4) is 0 Å². The van der Waals surface area contributed by atoms with Crippen LogP contribution >= 0.6 is 23.2 Å². The third-order valence-corrected chi connectivity index (χ3v) is 4.73. The van der Waals surface area contributed by atoms with Gasteiger partial charge in [-0.25, -0.2) is 4.79 Å². The van der Waals surface area contributed by atoms with Crippen molar-refractivity contribution in [2.24, 2.45) is 13.0 Å². The van der Waals surface area contributed by atoms with Crippen LogP contribution < -0.4 is 0 Å². The van der Waals surface area contributed by atoms with Crippen LogP contribution in [0.4, 0.5) is 13.2 Å². The maximum absolute atomic E-state index is 12.7. The minimum atomic E-state index is -4.34. The van der Waals surface area contributed by atoms with E-state index in [2.05, 4.69) is 0 Å². The third-order valence-electron chi connectivity index (χ3n) is 3.89. The highest BCUT2D eigenvalue weighted by Gasteiger charge is 2.42. The van der Waals surface area contributed by atoms with Crippen molar-refractivity contribution in [3.8, 4) is 0 Å². The number of hydrogen-bond donors (Lipinski definition) is 0. The second-order valence-electron chi connectivity index (χ2n) is 5.52. The molecule has 0 saturated carbocycles. The summed E-state index contributed by atoms with van der Waals surface area (Å²) in [6, 6.07) is 1.29. The average molecular weight is 387 g/mol. The Morgan fingerprint density at radius 1 is 1.38 bits per heavy atom. The Bertz CT molecular complexity index is 646. The fourth-order valence-electron chi connectivity index (χ4n) is 2.50. The third kappa shape index (κ3) is 4.16. The van der Waals surface area contributed by atoms with Crippen molar-refractivity contribution >= 4 is 35.1 Å². The first-order valence-corrected chi connectivity index (χ1v) is 7.89. The lowest BCUT2D eigenvalue weighted by Crippen LogP contribution is -2.46. The SMILES string of the molecule is Cn1c(C(=O)OCC(=O)N2CCC[C@H](C(F)(F)F)C2)cc(Cl)c1Cl. The summed E-state index contributed by atoms with van der Waals surface area (Å²) in [7, 11) is 1.49. The normalized spacial score (nSPS) is 18.6. The molecule has 0 aliphatic carbocycles. The molecule has 1 aromatic rings. The number of likely N-dealkylation sites (tertiary alicyclic amines) is 1. The molecule has 0 N–H and O–H groups in total. The Morgan fingerprint density at radius 3 is 2.58 bits per heavy atom. The molecule has 1 fully saturated rings. The molecule has 24 heavy (non-hydrogen) atoms. The summed E-state index contributed by atoms with van der Waals surface area (Å²) in [6.07, 6.45) is -4.09. The Morgan fingerprint density at radius 2 is 2.04 bits per heavy atom. The number of amides is 1. The number of ether oxygens (including phenoxy) is 1. The second-order valence-corrected chi connectivity index (χ2v) is 6.29. The highest BCUT2D eigenvalue weighted by atomic mass is 35.5. The van der Waals surface area contributed by atoms with Crippen molar-refractivity contribution in [1.82, 2.24) is 9.47 Å². The van der Waals surface area contributed by atoms with E-state index in [1.807, 2.05) is 0 Å². The summed E-state index contributed by atoms with van der Waals surface area (Å²) in [5, 5.41) is 0.292. The Hall–Kier alpha value is -1.41. The fourth-order valence-corrected chi connectivity index (χ4v) is 2.88. The molecule has 5 nitrogen and oxygen atoms in total. The van der Waals surface area contributed by atoms with E-state index < -0.39 is 37.1 Å². The molecule has 0 unspecified atom stereocenters. The van der Waals surface area contributed by atoms with Gasteiger partial charge >= 0.3 is 12.1 Å². The molecule has 0 aromatic carbocycles. The molecule has 2 heterocycles. The lowest BCUT2D eigenvalue weighted by Gasteiger charge is -2.33. The minimum Gasteiger partial charge on any atom is -0.451 e. The number of carbonyl (C=O) groups is 2. The molecule has 1 aliphatic heterocycles. The molecule has 0 spiro atoms. The van der Waals surface area contributed by atoms with Gasteiger partial charge in [-0.3, -0.25) is 4.79 Å². The lowest BCUT2D eigenvalue weighted by molar-refractivity contribution is -0.188. The lowest BCUT2D eigenvalue weighted by atomic mass is 9.97. The first-order chi connectivity index (χ1) is 11.1. The highest BCUT2D eigenvalue weighted by Crippen LogP contribution is 2.33. The number of esters is 1. The second kappa shape index (κ2) is 7.23. The van der Waals surface area contributed by atoms with E-state index in [1.165, 1.54) is 17.7 Å². The largest absolute Gasteiger partial charge is 0.451 e. The van der Waals surface area contributed by atoms with Gasteiger partial charge in [-0.2, -0.15) is 13.2 Å². The van der Waals surface area contributed by atoms with Crippen LogP contribution in [0.15, 0.2) is 6.07 Å². The van der Waals surface area contributed by atoms with Crippen molar-refractivity contribution in [3.63, 3.8) is 0 Å². The van der Waals surface area contributed by atoms with Crippen LogP contribution in [0.1, 0.15) is 23.3 Å². The number of piperidine rings is 1. The Labute approximate surface area is 146 Å². The molecule has 0 bridgehead atoms. The van der Waals surface area contributed by atoms with E-state index in [0.717, 1.165) is 4.90 Å². The van der Waals surface area contributed by atoms with Crippen molar-refractivity contribution in [2.75, 3.05) is 19.7 Å². The van der Waals surface area contributed by atoms with Gasteiger partial charge in [0.15, 0.2) is 6.61 Å². The number of hydrogen-bond acceptors (Lipinski definition) is 3. The summed E-state index contributed by atoms with van der Waals surface area (Å²) in [4.78, 5) is 25.0. The van der Waals surface area contributed by atoms with E-state index in [1.54, 1.807) is 0 Å². The number of carbonyl (C=O) groups excluding carboxylic acids is 2. The zero-order valence-corrected chi connectivity index (χ0v) is 14.2. The molecule has 10 heteroatoms. The summed E-state index contributed by atoms with van der Waals surface area (Å²) in [5.74, 6) is -3.04. The molecule has 1 aromatic heterocycles. The highest BCUT2D eigenvalue weighted by molar-refractivity contribution is 6.41. The number of aromatic nitrogens is 1. The van der Waals surface area contributed by atoms with Gasteiger partial charge < -0.3 is 14.2 Å². The topological polar surface area (TPSA) is 51.5 Å². The maximum atomic E-state index is 12.7. The van der Waals surface area contributed by atoms with E-state index >= 15 is 0 Å². The summed E-state index contributed by atoms with van der Waals surface area (Å²) in [5.41, 5.74) is 0.0459. The van der Waals surface area contributed by atoms with Crippen molar-refractivity contribution in [2.45, 2.75) is 19.0 Å². The monoisotopic (exact) mass is 386 g/mol. The van der Waals surface area contributed by atoms with Crippen LogP contribution in [-0.4, -0.2) is 47.2 Å². The standard InChI is InChI=1S/C14H15Cl2F3N2O3/c1-20-10(5-9(15)12(20)16)13(23)24-7-11(22)21-4-2-3-8(6-21)14(17,18)19/h5,8H,2-4,6-7H2,1H3/t8-/m0/s1. The van der Waals surface area contributed by atoms with E-state index in [9.17, 15) is 22.8 Å². The predicted octanol–water partition coefficient (Wildman–Crippen LogP) is 3.29. The average Bonchev–Trinajstić information content (AvgIpc) is 2.79. The van der Waals surface area contributed by atoms with Gasteiger partial charge in [0.05, 0.1) is 10.9 Å². The Balaban J connectivity index is 1.93. The molecule has 1 saturated heterocycles. The summed E-state index contributed by atoms with van der Waals surface area (Å²) >= 11 is 11.6. The van der Waals surface area contributed by atoms with Crippen molar-refractivity contribution in [3.05, 3.63) is 21.9 Å². The minimum absolute atomic E-state index is 0.00653. The van der Waals surface area contributed by atoms with Crippen molar-refractivity contribution in [1.29, 1.82) is 0 Å². The fraction of sp³-hybridized carbons (Fsp3) is 0.571. The number of rotatable bonds is 3. The van der Waals surface area contributed by atoms with Gasteiger partial charge in [-0.05, 0) is 18.9 Å². The van der Waals surface area contributed by atoms with Gasteiger partial charge in [0.2, 0.25) is 0 Å². The van der Waals surface area contributed by atoms with Crippen LogP contribution in [-0.2, 0) is 16.6 Å². The molecule has 134 valence electrons. The van der Waals surface area contributed by atoms with Gasteiger partial charge in [0, 0.05) is 20.1 Å². The number of alkyl halides is 3. The van der Waals surface area contributed by atoms with Crippen LogP contribution in [0, 0.1) is 5.92 Å². The predicted molar refractivity (Wildman–Crippen MR) is 81.1 cm³/mol. The first kappa shape index (κ1) is 18.9. The quantitative estimate of drug-likeness (QED) is 0.748. The van der Waals surface area contributed by atoms with E-state index in [-0.39, 0.29) is 35.3 Å². The molecule has 0 radical (unpaired) electrons. The molecular weight excluding hydrogens is 372 g/mol. The van der Waals surface area contributed by atoms with Crippen LogP contribution in [0.5, 0.6) is 0 Å². The maximum Gasteiger partial charge on any atom is 0.393 e. The van der Waals surface area contributed by atoms with Gasteiger partial charge in [-0.15, -0.1) is 0 Å². The van der Waals surface area contributed by atoms with E-state index in [4.69, 9.17) is 27.9 Å². The smallest absolute Gasteiger partial charge is 0.393 e. The molecule has 2 rings (SSSR count). The summed E-state index contributed by atoms with van der Waals surface area (Å²) in [6.45, 7) is -0.837. The molecule has 1 atom stereocenters.